The molecule has 1 aromatic carbocycles. The average Bonchev–Trinajstić information content (AvgIpc) is 3.24. The Morgan fingerprint density at radius 1 is 1.19 bits per heavy atom. The molecular weight excluding hydrogens is 408 g/mol. The van der Waals surface area contributed by atoms with Crippen LogP contribution in [0.3, 0.4) is 0 Å². The summed E-state index contributed by atoms with van der Waals surface area (Å²) in [7, 11) is 3.19. The van der Waals surface area contributed by atoms with Crippen LogP contribution < -0.4 is 14.8 Å². The molecule has 1 atom stereocenters. The van der Waals surface area contributed by atoms with Gasteiger partial charge in [0.2, 0.25) is 17.6 Å². The lowest BCUT2D eigenvalue weighted by Gasteiger charge is -2.33. The van der Waals surface area contributed by atoms with Gasteiger partial charge in [-0.1, -0.05) is 32.9 Å². The quantitative estimate of drug-likeness (QED) is 0.630. The van der Waals surface area contributed by atoms with Gasteiger partial charge in [-0.05, 0) is 49.4 Å². The largest absolute Gasteiger partial charge is 0.493 e. The van der Waals surface area contributed by atoms with Gasteiger partial charge in [-0.15, -0.1) is 0 Å². The number of piperidine rings is 1. The number of nitrogens with one attached hydrogen (secondary N) is 1. The number of aromatic nitrogens is 2. The smallest absolute Gasteiger partial charge is 0.241 e. The van der Waals surface area contributed by atoms with Crippen LogP contribution in [-0.4, -0.2) is 54.3 Å². The predicted octanol–water partition coefficient (Wildman–Crippen LogP) is 3.76. The number of benzene rings is 1. The lowest BCUT2D eigenvalue weighted by molar-refractivity contribution is -0.128. The highest BCUT2D eigenvalue weighted by atomic mass is 16.5. The van der Waals surface area contributed by atoms with Crippen LogP contribution in [0.15, 0.2) is 22.7 Å². The number of ether oxygens (including phenoxy) is 2. The monoisotopic (exact) mass is 444 g/mol. The number of nitrogens with zero attached hydrogens (tertiary/aromatic N) is 3. The topological polar surface area (TPSA) is 89.7 Å². The van der Waals surface area contributed by atoms with Crippen molar-refractivity contribution in [3.63, 3.8) is 0 Å². The Morgan fingerprint density at radius 3 is 2.56 bits per heavy atom. The summed E-state index contributed by atoms with van der Waals surface area (Å²) in [4.78, 5) is 19.7. The van der Waals surface area contributed by atoms with E-state index in [4.69, 9.17) is 14.0 Å². The second kappa shape index (κ2) is 10.8. The Bertz CT molecular complexity index is 888. The summed E-state index contributed by atoms with van der Waals surface area (Å²) in [5, 5.41) is 7.40. The van der Waals surface area contributed by atoms with Gasteiger partial charge >= 0.3 is 0 Å². The van der Waals surface area contributed by atoms with Gasteiger partial charge in [-0.25, -0.2) is 0 Å². The van der Waals surface area contributed by atoms with Gasteiger partial charge in [0.05, 0.1) is 26.7 Å². The number of methoxy groups -OCH3 is 2. The molecule has 2 aromatic rings. The summed E-state index contributed by atoms with van der Waals surface area (Å²) in [5.41, 5.74) is 0.793. The van der Waals surface area contributed by atoms with Crippen LogP contribution in [0.4, 0.5) is 0 Å². The standard InChI is InChI=1S/C24H36N4O4/c1-15(2)22(16(3)4)26-24(29)18-8-7-11-28(13-18)14-21-25-23(27-32-21)17-9-10-19(30-5)20(12-17)31-6/h9-10,12,15-16,18,22H,7-8,11,13-14H2,1-6H3,(H,26,29). The highest BCUT2D eigenvalue weighted by molar-refractivity contribution is 5.79. The molecule has 8 nitrogen and oxygen atoms in total. The van der Waals surface area contributed by atoms with Crippen molar-refractivity contribution < 1.29 is 18.8 Å². The maximum Gasteiger partial charge on any atom is 0.241 e. The molecule has 1 aromatic heterocycles. The number of likely N-dealkylation sites (tertiary alicyclic amines) is 1. The molecule has 3 rings (SSSR count). The van der Waals surface area contributed by atoms with Gasteiger partial charge in [-0.3, -0.25) is 9.69 Å². The molecule has 2 heterocycles. The summed E-state index contributed by atoms with van der Waals surface area (Å²) < 4.78 is 16.1. The molecule has 1 unspecified atom stereocenters. The van der Waals surface area contributed by atoms with E-state index in [1.807, 2.05) is 18.2 Å². The van der Waals surface area contributed by atoms with Gasteiger partial charge in [0.15, 0.2) is 11.5 Å². The van der Waals surface area contributed by atoms with Crippen LogP contribution in [0.5, 0.6) is 11.5 Å². The van der Waals surface area contributed by atoms with E-state index < -0.39 is 0 Å². The average molecular weight is 445 g/mol. The van der Waals surface area contributed by atoms with Gasteiger partial charge in [0.1, 0.15) is 0 Å². The van der Waals surface area contributed by atoms with Crippen molar-refractivity contribution in [2.24, 2.45) is 17.8 Å². The van der Waals surface area contributed by atoms with E-state index in [1.54, 1.807) is 14.2 Å². The molecular formula is C24H36N4O4. The maximum atomic E-state index is 12.9. The first-order chi connectivity index (χ1) is 15.3. The van der Waals surface area contributed by atoms with Crippen LogP contribution in [-0.2, 0) is 11.3 Å². The molecule has 0 aliphatic carbocycles. The number of rotatable bonds is 9. The van der Waals surface area contributed by atoms with Crippen molar-refractivity contribution in [2.75, 3.05) is 27.3 Å². The molecule has 1 fully saturated rings. The third kappa shape index (κ3) is 5.79. The van der Waals surface area contributed by atoms with Gasteiger partial charge < -0.3 is 19.3 Å². The van der Waals surface area contributed by atoms with E-state index in [1.165, 1.54) is 0 Å². The van der Waals surface area contributed by atoms with Crippen molar-refractivity contribution >= 4 is 5.91 Å². The van der Waals surface area contributed by atoms with Crippen molar-refractivity contribution in [3.8, 4) is 22.9 Å². The van der Waals surface area contributed by atoms with E-state index in [-0.39, 0.29) is 17.9 Å². The van der Waals surface area contributed by atoms with Crippen molar-refractivity contribution in [3.05, 3.63) is 24.1 Å². The lowest BCUT2D eigenvalue weighted by atomic mass is 9.91. The number of hydrogen-bond acceptors (Lipinski definition) is 7. The first-order valence-corrected chi connectivity index (χ1v) is 11.4. The number of amides is 1. The minimum Gasteiger partial charge on any atom is -0.493 e. The number of hydrogen-bond donors (Lipinski definition) is 1. The first-order valence-electron chi connectivity index (χ1n) is 11.4. The molecule has 0 bridgehead atoms. The number of carbonyl (C=O) groups excluding carboxylic acids is 1. The van der Waals surface area contributed by atoms with Crippen LogP contribution in [0.1, 0.15) is 46.4 Å². The lowest BCUT2D eigenvalue weighted by Crippen LogP contribution is -2.48. The first kappa shape index (κ1) is 24.0. The molecule has 1 aliphatic rings. The molecule has 8 heteroatoms. The zero-order valence-electron chi connectivity index (χ0n) is 20.1. The van der Waals surface area contributed by atoms with E-state index in [0.29, 0.717) is 48.1 Å². The van der Waals surface area contributed by atoms with Crippen LogP contribution in [0, 0.1) is 17.8 Å². The highest BCUT2D eigenvalue weighted by Gasteiger charge is 2.29. The zero-order valence-corrected chi connectivity index (χ0v) is 20.1. The minimum atomic E-state index is -0.0167. The third-order valence-corrected chi connectivity index (χ3v) is 6.09. The Morgan fingerprint density at radius 2 is 1.91 bits per heavy atom. The summed E-state index contributed by atoms with van der Waals surface area (Å²) in [6.07, 6.45) is 1.88. The fraction of sp³-hybridized carbons (Fsp3) is 0.625. The predicted molar refractivity (Wildman–Crippen MR) is 122 cm³/mol. The van der Waals surface area contributed by atoms with E-state index in [9.17, 15) is 4.79 Å². The molecule has 0 spiro atoms. The molecule has 1 N–H and O–H groups in total. The number of carbonyl (C=O) groups is 1. The van der Waals surface area contributed by atoms with Crippen molar-refractivity contribution in [2.45, 2.75) is 53.1 Å². The van der Waals surface area contributed by atoms with Crippen LogP contribution in [0.25, 0.3) is 11.4 Å². The zero-order chi connectivity index (χ0) is 23.3. The molecule has 1 aliphatic heterocycles. The normalized spacial score (nSPS) is 17.2. The maximum absolute atomic E-state index is 12.9. The third-order valence-electron chi connectivity index (χ3n) is 6.09. The molecule has 0 radical (unpaired) electrons. The summed E-state index contributed by atoms with van der Waals surface area (Å²) in [6.45, 7) is 10.8. The van der Waals surface area contributed by atoms with Crippen molar-refractivity contribution in [1.82, 2.24) is 20.4 Å². The fourth-order valence-corrected chi connectivity index (χ4v) is 4.40. The molecule has 1 saturated heterocycles. The van der Waals surface area contributed by atoms with Crippen LogP contribution in [0.2, 0.25) is 0 Å². The second-order valence-corrected chi connectivity index (χ2v) is 9.18. The SMILES string of the molecule is COc1ccc(-c2noc(CN3CCCC(C(=O)NC(C(C)C)C(C)C)C3)n2)cc1OC. The van der Waals surface area contributed by atoms with Crippen molar-refractivity contribution in [1.29, 1.82) is 0 Å². The van der Waals surface area contributed by atoms with Gasteiger partial charge in [-0.2, -0.15) is 4.98 Å². The summed E-state index contributed by atoms with van der Waals surface area (Å²) in [6, 6.07) is 5.71. The Balaban J connectivity index is 1.62. The van der Waals surface area contributed by atoms with Gasteiger partial charge in [0.25, 0.3) is 0 Å². The highest BCUT2D eigenvalue weighted by Crippen LogP contribution is 2.31. The van der Waals surface area contributed by atoms with Crippen LogP contribution >= 0.6 is 0 Å². The fourth-order valence-electron chi connectivity index (χ4n) is 4.40. The molecule has 0 saturated carbocycles. The molecule has 176 valence electrons. The van der Waals surface area contributed by atoms with Gasteiger partial charge in [0, 0.05) is 18.2 Å². The Hall–Kier alpha value is -2.61. The van der Waals surface area contributed by atoms with E-state index >= 15 is 0 Å². The van der Waals surface area contributed by atoms with E-state index in [2.05, 4.69) is 48.1 Å². The second-order valence-electron chi connectivity index (χ2n) is 9.18. The van der Waals surface area contributed by atoms with E-state index in [0.717, 1.165) is 24.9 Å². The minimum absolute atomic E-state index is 0.0167. The molecule has 32 heavy (non-hydrogen) atoms. The molecule has 1 amide bonds. The summed E-state index contributed by atoms with van der Waals surface area (Å²) in [5.74, 6) is 3.26. The summed E-state index contributed by atoms with van der Waals surface area (Å²) >= 11 is 0. The Labute approximate surface area is 190 Å². The Kier molecular flexibility index (Phi) is 8.12.